The van der Waals surface area contributed by atoms with Gasteiger partial charge in [-0.1, -0.05) is 17.7 Å². The highest BCUT2D eigenvalue weighted by atomic mass is 35.5. The molecule has 112 valence electrons. The number of fused-ring (bicyclic) bond motifs is 1. The zero-order valence-electron chi connectivity index (χ0n) is 13.1. The molecule has 0 radical (unpaired) electrons. The molecule has 2 heterocycles. The zero-order chi connectivity index (χ0) is 15.4. The first kappa shape index (κ1) is 14.9. The second-order valence-electron chi connectivity index (χ2n) is 6.47. The molecular weight excluding hydrogens is 286 g/mol. The summed E-state index contributed by atoms with van der Waals surface area (Å²) >= 11 is 6.56. The van der Waals surface area contributed by atoms with Crippen LogP contribution < -0.4 is 5.46 Å². The van der Waals surface area contributed by atoms with Gasteiger partial charge >= 0.3 is 7.12 Å². The molecule has 0 unspecified atom stereocenters. The van der Waals surface area contributed by atoms with Crippen LogP contribution in [0.3, 0.4) is 0 Å². The van der Waals surface area contributed by atoms with Gasteiger partial charge in [-0.15, -0.1) is 0 Å². The van der Waals surface area contributed by atoms with Crippen molar-refractivity contribution in [3.63, 3.8) is 0 Å². The van der Waals surface area contributed by atoms with Gasteiger partial charge in [0.1, 0.15) is 0 Å². The Bertz CT molecular complexity index is 680. The topological polar surface area (TPSA) is 36.3 Å². The van der Waals surface area contributed by atoms with Crippen LogP contribution in [0.1, 0.15) is 34.6 Å². The lowest BCUT2D eigenvalue weighted by Crippen LogP contribution is -2.41. The van der Waals surface area contributed by atoms with Gasteiger partial charge in [0, 0.05) is 23.6 Å². The zero-order valence-corrected chi connectivity index (χ0v) is 13.9. The molecule has 1 saturated heterocycles. The quantitative estimate of drug-likeness (QED) is 0.800. The molecule has 4 nitrogen and oxygen atoms in total. The van der Waals surface area contributed by atoms with Crippen molar-refractivity contribution in [2.75, 3.05) is 0 Å². The van der Waals surface area contributed by atoms with Crippen molar-refractivity contribution in [2.45, 2.75) is 52.4 Å². The average molecular weight is 307 g/mol. The third-order valence-electron chi connectivity index (χ3n) is 4.53. The van der Waals surface area contributed by atoms with E-state index >= 15 is 0 Å². The van der Waals surface area contributed by atoms with Crippen molar-refractivity contribution in [3.8, 4) is 0 Å². The summed E-state index contributed by atoms with van der Waals surface area (Å²) in [4.78, 5) is 0. The number of aromatic nitrogens is 2. The molecule has 1 fully saturated rings. The van der Waals surface area contributed by atoms with Crippen LogP contribution in [0.4, 0.5) is 0 Å². The average Bonchev–Trinajstić information content (AvgIpc) is 2.89. The molecule has 0 atom stereocenters. The number of halogens is 1. The second kappa shape index (κ2) is 4.73. The summed E-state index contributed by atoms with van der Waals surface area (Å²) in [5.41, 5.74) is 1.01. The van der Waals surface area contributed by atoms with Gasteiger partial charge in [0.25, 0.3) is 0 Å². The van der Waals surface area contributed by atoms with Crippen molar-refractivity contribution in [2.24, 2.45) is 0 Å². The minimum absolute atomic E-state index is 0.371. The molecule has 0 bridgehead atoms. The van der Waals surface area contributed by atoms with E-state index in [9.17, 15) is 0 Å². The SMILES string of the molecule is CCn1cc2c(Cl)c(B3OC(C)(C)C(C)(C)O3)ccc2n1. The van der Waals surface area contributed by atoms with Crippen molar-refractivity contribution >= 4 is 35.1 Å². The van der Waals surface area contributed by atoms with Crippen LogP contribution in [0.15, 0.2) is 18.3 Å². The summed E-state index contributed by atoms with van der Waals surface area (Å²) in [5, 5.41) is 6.06. The Morgan fingerprint density at radius 1 is 1.19 bits per heavy atom. The number of hydrogen-bond donors (Lipinski definition) is 0. The third-order valence-corrected chi connectivity index (χ3v) is 4.95. The smallest absolute Gasteiger partial charge is 0.399 e. The molecule has 0 saturated carbocycles. The van der Waals surface area contributed by atoms with Gasteiger partial charge in [-0.25, -0.2) is 0 Å². The molecule has 6 heteroatoms. The Morgan fingerprint density at radius 2 is 1.81 bits per heavy atom. The third kappa shape index (κ3) is 2.28. The molecule has 0 N–H and O–H groups in total. The predicted octanol–water partition coefficient (Wildman–Crippen LogP) is 3.01. The summed E-state index contributed by atoms with van der Waals surface area (Å²) in [6, 6.07) is 3.91. The first-order valence-corrected chi connectivity index (χ1v) is 7.64. The fourth-order valence-electron chi connectivity index (χ4n) is 2.44. The molecule has 0 spiro atoms. The van der Waals surface area contributed by atoms with E-state index in [-0.39, 0.29) is 11.2 Å². The van der Waals surface area contributed by atoms with Gasteiger partial charge in [-0.3, -0.25) is 4.68 Å². The monoisotopic (exact) mass is 306 g/mol. The van der Waals surface area contributed by atoms with Crippen LogP contribution >= 0.6 is 11.6 Å². The van der Waals surface area contributed by atoms with Crippen LogP contribution in [0, 0.1) is 0 Å². The maximum atomic E-state index is 6.56. The van der Waals surface area contributed by atoms with Crippen LogP contribution in [0.2, 0.25) is 5.02 Å². The highest BCUT2D eigenvalue weighted by Crippen LogP contribution is 2.37. The Balaban J connectivity index is 2.04. The molecule has 3 rings (SSSR count). The van der Waals surface area contributed by atoms with E-state index in [1.54, 1.807) is 0 Å². The fourth-order valence-corrected chi connectivity index (χ4v) is 2.74. The van der Waals surface area contributed by atoms with Crippen LogP contribution in [-0.2, 0) is 15.9 Å². The normalized spacial score (nSPS) is 20.4. The van der Waals surface area contributed by atoms with Crippen molar-refractivity contribution in [1.29, 1.82) is 0 Å². The second-order valence-corrected chi connectivity index (χ2v) is 6.85. The van der Waals surface area contributed by atoms with Gasteiger partial charge in [-0.05, 0) is 40.7 Å². The Kier molecular flexibility index (Phi) is 3.35. The van der Waals surface area contributed by atoms with E-state index in [0.717, 1.165) is 22.9 Å². The van der Waals surface area contributed by atoms with Gasteiger partial charge in [0.05, 0.1) is 21.7 Å². The molecule has 1 aromatic heterocycles. The lowest BCUT2D eigenvalue weighted by Gasteiger charge is -2.32. The molecule has 0 aliphatic carbocycles. The number of benzene rings is 1. The van der Waals surface area contributed by atoms with Crippen molar-refractivity contribution < 1.29 is 9.31 Å². The van der Waals surface area contributed by atoms with Crippen LogP contribution in [-0.4, -0.2) is 28.1 Å². The maximum Gasteiger partial charge on any atom is 0.496 e. The molecule has 0 amide bonds. The highest BCUT2D eigenvalue weighted by molar-refractivity contribution is 6.66. The molecule has 1 aliphatic heterocycles. The fraction of sp³-hybridized carbons (Fsp3) is 0.533. The van der Waals surface area contributed by atoms with E-state index in [1.807, 2.05) is 50.7 Å². The first-order valence-electron chi connectivity index (χ1n) is 7.26. The first-order chi connectivity index (χ1) is 9.75. The van der Waals surface area contributed by atoms with Crippen molar-refractivity contribution in [3.05, 3.63) is 23.4 Å². The molecule has 1 aliphatic rings. The van der Waals surface area contributed by atoms with Gasteiger partial charge < -0.3 is 9.31 Å². The lowest BCUT2D eigenvalue weighted by atomic mass is 9.78. The van der Waals surface area contributed by atoms with E-state index in [0.29, 0.717) is 5.02 Å². The van der Waals surface area contributed by atoms with Gasteiger partial charge in [0.15, 0.2) is 0 Å². The number of rotatable bonds is 2. The molecule has 1 aromatic carbocycles. The lowest BCUT2D eigenvalue weighted by molar-refractivity contribution is 0.00578. The van der Waals surface area contributed by atoms with E-state index in [1.165, 1.54) is 0 Å². The van der Waals surface area contributed by atoms with E-state index in [4.69, 9.17) is 20.9 Å². The standard InChI is InChI=1S/C15H20BClN2O2/c1-6-19-9-10-12(18-19)8-7-11(13(10)17)16-20-14(2,3)15(4,5)21-16/h7-9H,6H2,1-5H3. The minimum Gasteiger partial charge on any atom is -0.399 e. The number of nitrogens with zero attached hydrogens (tertiary/aromatic N) is 2. The molecule has 21 heavy (non-hydrogen) atoms. The maximum absolute atomic E-state index is 6.56. The molecule has 2 aromatic rings. The van der Waals surface area contributed by atoms with E-state index < -0.39 is 7.12 Å². The predicted molar refractivity (Wildman–Crippen MR) is 86.1 cm³/mol. The van der Waals surface area contributed by atoms with Crippen LogP contribution in [0.25, 0.3) is 10.9 Å². The van der Waals surface area contributed by atoms with Crippen LogP contribution in [0.5, 0.6) is 0 Å². The van der Waals surface area contributed by atoms with Crippen molar-refractivity contribution in [1.82, 2.24) is 9.78 Å². The summed E-state index contributed by atoms with van der Waals surface area (Å²) < 4.78 is 14.0. The number of aryl methyl sites for hydroxylation is 1. The largest absolute Gasteiger partial charge is 0.496 e. The summed E-state index contributed by atoms with van der Waals surface area (Å²) in [6.07, 6.45) is 1.96. The summed E-state index contributed by atoms with van der Waals surface area (Å²) in [5.74, 6) is 0. The Morgan fingerprint density at radius 3 is 2.38 bits per heavy atom. The summed E-state index contributed by atoms with van der Waals surface area (Å²) in [6.45, 7) is 11.0. The van der Waals surface area contributed by atoms with Gasteiger partial charge in [-0.2, -0.15) is 5.10 Å². The number of hydrogen-bond acceptors (Lipinski definition) is 3. The summed E-state index contributed by atoms with van der Waals surface area (Å²) in [7, 11) is -0.447. The molecular formula is C15H20BClN2O2. The Labute approximate surface area is 130 Å². The van der Waals surface area contributed by atoms with E-state index in [2.05, 4.69) is 12.0 Å². The van der Waals surface area contributed by atoms with Gasteiger partial charge in [0.2, 0.25) is 0 Å². The highest BCUT2D eigenvalue weighted by Gasteiger charge is 2.52. The minimum atomic E-state index is -0.447. The Hall–Kier alpha value is -1.04.